The fourth-order valence-corrected chi connectivity index (χ4v) is 3.99. The van der Waals surface area contributed by atoms with Crippen LogP contribution in [0.5, 0.6) is 5.75 Å². The van der Waals surface area contributed by atoms with Crippen molar-refractivity contribution in [2.24, 2.45) is 4.99 Å². The maximum Gasteiger partial charge on any atom is 0.279 e. The molecule has 0 spiro atoms. The van der Waals surface area contributed by atoms with E-state index in [1.165, 1.54) is 23.5 Å². The number of hydrogen-bond acceptors (Lipinski definition) is 4. The van der Waals surface area contributed by atoms with E-state index < -0.39 is 0 Å². The number of amides is 2. The van der Waals surface area contributed by atoms with Gasteiger partial charge in [-0.25, -0.2) is 4.39 Å². The second-order valence-electron chi connectivity index (χ2n) is 7.47. The van der Waals surface area contributed by atoms with Crippen molar-refractivity contribution in [3.05, 3.63) is 117 Å². The Kier molecular flexibility index (Phi) is 7.29. The zero-order valence-electron chi connectivity index (χ0n) is 18.4. The Morgan fingerprint density at radius 2 is 1.74 bits per heavy atom. The maximum atomic E-state index is 13.0. The van der Waals surface area contributed by atoms with Crippen molar-refractivity contribution in [1.82, 2.24) is 9.88 Å². The van der Waals surface area contributed by atoms with Gasteiger partial charge in [-0.3, -0.25) is 9.59 Å². The Morgan fingerprint density at radius 1 is 1.00 bits per heavy atom. The van der Waals surface area contributed by atoms with E-state index >= 15 is 0 Å². The van der Waals surface area contributed by atoms with E-state index in [1.807, 2.05) is 28.3 Å². The van der Waals surface area contributed by atoms with Gasteiger partial charge in [0.05, 0.1) is 7.11 Å². The van der Waals surface area contributed by atoms with Gasteiger partial charge in [0.25, 0.3) is 11.8 Å². The lowest BCUT2D eigenvalue weighted by atomic mass is 10.1. The molecule has 0 aliphatic rings. The molecule has 3 aromatic carbocycles. The van der Waals surface area contributed by atoms with Gasteiger partial charge in [-0.15, -0.1) is 11.3 Å². The van der Waals surface area contributed by atoms with Crippen LogP contribution in [0.15, 0.2) is 89.4 Å². The smallest absolute Gasteiger partial charge is 0.279 e. The number of thiazole rings is 1. The lowest BCUT2D eigenvalue weighted by Gasteiger charge is -2.07. The fraction of sp³-hybridized carbons (Fsp3) is 0.115. The molecule has 0 aliphatic carbocycles. The molecule has 0 aliphatic heterocycles. The molecule has 6 nitrogen and oxygen atoms in total. The van der Waals surface area contributed by atoms with Crippen molar-refractivity contribution < 1.29 is 18.7 Å². The largest absolute Gasteiger partial charge is 0.497 e. The van der Waals surface area contributed by atoms with Gasteiger partial charge >= 0.3 is 0 Å². The molecule has 34 heavy (non-hydrogen) atoms. The van der Waals surface area contributed by atoms with Crippen molar-refractivity contribution in [3.63, 3.8) is 0 Å². The van der Waals surface area contributed by atoms with Gasteiger partial charge in [0.2, 0.25) is 0 Å². The zero-order valence-corrected chi connectivity index (χ0v) is 19.2. The summed E-state index contributed by atoms with van der Waals surface area (Å²) < 4.78 is 20.1. The monoisotopic (exact) mass is 475 g/mol. The minimum absolute atomic E-state index is 0.210. The van der Waals surface area contributed by atoms with Gasteiger partial charge in [-0.05, 0) is 53.6 Å². The highest BCUT2D eigenvalue weighted by atomic mass is 32.1. The van der Waals surface area contributed by atoms with Crippen molar-refractivity contribution in [2.75, 3.05) is 7.11 Å². The highest BCUT2D eigenvalue weighted by molar-refractivity contribution is 7.07. The average Bonchev–Trinajstić information content (AvgIpc) is 3.30. The van der Waals surface area contributed by atoms with Crippen LogP contribution >= 0.6 is 11.3 Å². The van der Waals surface area contributed by atoms with Crippen LogP contribution in [0.3, 0.4) is 0 Å². The van der Waals surface area contributed by atoms with E-state index in [1.54, 1.807) is 55.6 Å². The van der Waals surface area contributed by atoms with E-state index in [-0.39, 0.29) is 17.6 Å². The number of ether oxygens (including phenoxy) is 1. The second-order valence-corrected chi connectivity index (χ2v) is 8.34. The Balaban J connectivity index is 1.41. The number of carbonyl (C=O) groups excluding carboxylic acids is 2. The Morgan fingerprint density at radius 3 is 2.47 bits per heavy atom. The molecule has 0 unspecified atom stereocenters. The van der Waals surface area contributed by atoms with Crippen LogP contribution in [0.2, 0.25) is 0 Å². The average molecular weight is 476 g/mol. The molecule has 1 aromatic heterocycles. The third-order valence-corrected chi connectivity index (χ3v) is 5.90. The molecule has 0 radical (unpaired) electrons. The number of nitrogens with one attached hydrogen (secondary N) is 1. The van der Waals surface area contributed by atoms with E-state index in [9.17, 15) is 14.0 Å². The normalized spacial score (nSPS) is 11.3. The first-order valence-electron chi connectivity index (χ1n) is 10.5. The van der Waals surface area contributed by atoms with Gasteiger partial charge in [-0.2, -0.15) is 4.99 Å². The molecule has 172 valence electrons. The van der Waals surface area contributed by atoms with Crippen molar-refractivity contribution >= 4 is 23.2 Å². The highest BCUT2D eigenvalue weighted by Crippen LogP contribution is 2.13. The highest BCUT2D eigenvalue weighted by Gasteiger charge is 2.08. The number of hydrogen-bond donors (Lipinski definition) is 1. The number of benzene rings is 3. The van der Waals surface area contributed by atoms with Crippen LogP contribution in [0, 0.1) is 5.82 Å². The number of rotatable bonds is 7. The third kappa shape index (κ3) is 5.85. The Bertz CT molecular complexity index is 1360. The molecular weight excluding hydrogens is 453 g/mol. The van der Waals surface area contributed by atoms with Gasteiger partial charge < -0.3 is 14.6 Å². The number of methoxy groups -OCH3 is 1. The summed E-state index contributed by atoms with van der Waals surface area (Å²) in [7, 11) is 1.55. The van der Waals surface area contributed by atoms with Gasteiger partial charge in [0.1, 0.15) is 11.6 Å². The molecular formula is C26H22FN3O3S. The zero-order chi connectivity index (χ0) is 23.9. The third-order valence-electron chi connectivity index (χ3n) is 5.11. The predicted molar refractivity (Wildman–Crippen MR) is 128 cm³/mol. The summed E-state index contributed by atoms with van der Waals surface area (Å²) in [5.74, 6) is -0.265. The summed E-state index contributed by atoms with van der Waals surface area (Å²) in [6.07, 6.45) is 1.87. The molecule has 4 aromatic rings. The molecule has 0 atom stereocenters. The molecule has 0 saturated heterocycles. The van der Waals surface area contributed by atoms with Gasteiger partial charge in [-0.1, -0.05) is 30.3 Å². The van der Waals surface area contributed by atoms with Crippen molar-refractivity contribution in [3.8, 4) is 5.75 Å². The maximum absolute atomic E-state index is 13.0. The van der Waals surface area contributed by atoms with Gasteiger partial charge in [0.15, 0.2) is 4.80 Å². The van der Waals surface area contributed by atoms with Gasteiger partial charge in [0, 0.05) is 35.8 Å². The van der Waals surface area contributed by atoms with Crippen LogP contribution in [0.25, 0.3) is 0 Å². The summed E-state index contributed by atoms with van der Waals surface area (Å²) in [5, 5.41) is 4.70. The van der Waals surface area contributed by atoms with Crippen LogP contribution in [0.4, 0.5) is 4.39 Å². The first-order chi connectivity index (χ1) is 16.5. The standard InChI is InChI=1S/C26H22FN3O3S/c1-33-23-4-2-3-21(15-23)25(32)29-26-30(13-14-34-26)17-19-5-9-20(10-6-19)24(31)28-16-18-7-11-22(27)12-8-18/h2-15H,16-17H2,1H3,(H,28,31). The minimum Gasteiger partial charge on any atom is -0.497 e. The molecule has 0 bridgehead atoms. The fourth-order valence-electron chi connectivity index (χ4n) is 3.26. The molecule has 0 saturated carbocycles. The number of halogens is 1. The molecule has 0 fully saturated rings. The first kappa shape index (κ1) is 23.1. The van der Waals surface area contributed by atoms with Crippen LogP contribution in [-0.4, -0.2) is 23.5 Å². The minimum atomic E-state index is -0.344. The Hall–Kier alpha value is -4.04. The summed E-state index contributed by atoms with van der Waals surface area (Å²) in [5.41, 5.74) is 2.76. The molecule has 2 amide bonds. The number of nitrogens with zero attached hydrogens (tertiary/aromatic N) is 2. The summed E-state index contributed by atoms with van der Waals surface area (Å²) in [6.45, 7) is 0.822. The first-order valence-corrected chi connectivity index (χ1v) is 11.4. The summed E-state index contributed by atoms with van der Waals surface area (Å²) >= 11 is 1.37. The van der Waals surface area contributed by atoms with E-state index in [0.29, 0.717) is 34.8 Å². The molecule has 1 heterocycles. The van der Waals surface area contributed by atoms with Crippen LogP contribution < -0.4 is 14.9 Å². The quantitative estimate of drug-likeness (QED) is 0.430. The topological polar surface area (TPSA) is 72.7 Å². The summed E-state index contributed by atoms with van der Waals surface area (Å²) in [6, 6.07) is 20.1. The SMILES string of the molecule is COc1cccc(C(=O)N=c2sccn2Cc2ccc(C(=O)NCc3ccc(F)cc3)cc2)c1. The van der Waals surface area contributed by atoms with Crippen LogP contribution in [-0.2, 0) is 13.1 Å². The van der Waals surface area contributed by atoms with E-state index in [0.717, 1.165) is 11.1 Å². The van der Waals surface area contributed by atoms with Crippen molar-refractivity contribution in [2.45, 2.75) is 13.1 Å². The summed E-state index contributed by atoms with van der Waals surface area (Å²) in [4.78, 5) is 29.9. The molecule has 1 N–H and O–H groups in total. The number of aromatic nitrogens is 1. The number of carbonyl (C=O) groups is 2. The molecule has 4 rings (SSSR count). The van der Waals surface area contributed by atoms with Crippen LogP contribution in [0.1, 0.15) is 31.8 Å². The van der Waals surface area contributed by atoms with E-state index in [2.05, 4.69) is 10.3 Å². The second kappa shape index (κ2) is 10.7. The van der Waals surface area contributed by atoms with Crippen molar-refractivity contribution in [1.29, 1.82) is 0 Å². The molecule has 8 heteroatoms. The lowest BCUT2D eigenvalue weighted by Crippen LogP contribution is -2.22. The lowest BCUT2D eigenvalue weighted by molar-refractivity contribution is 0.0949. The van der Waals surface area contributed by atoms with E-state index in [4.69, 9.17) is 4.74 Å². The predicted octanol–water partition coefficient (Wildman–Crippen LogP) is 4.42. The Labute approximate surface area is 200 Å².